The van der Waals surface area contributed by atoms with Gasteiger partial charge in [-0.25, -0.2) is 4.98 Å². The van der Waals surface area contributed by atoms with Crippen LogP contribution in [0.25, 0.3) is 10.6 Å². The molecule has 0 radical (unpaired) electrons. The van der Waals surface area contributed by atoms with Crippen LogP contribution in [0.1, 0.15) is 23.6 Å². The maximum Gasteiger partial charge on any atom is 0.284 e. The summed E-state index contributed by atoms with van der Waals surface area (Å²) in [5, 5.41) is 15.9. The molecule has 0 unspecified atom stereocenters. The van der Waals surface area contributed by atoms with Crippen LogP contribution in [0.4, 0.5) is 11.5 Å². The number of nitrogens with zero attached hydrogens (tertiary/aromatic N) is 4. The Hall–Kier alpha value is -2.26. The number of aromatic nitrogens is 3. The molecule has 0 aliphatic carbocycles. The van der Waals surface area contributed by atoms with Gasteiger partial charge in [0.15, 0.2) is 5.01 Å². The Morgan fingerprint density at radius 1 is 1.38 bits per heavy atom. The fourth-order valence-electron chi connectivity index (χ4n) is 2.49. The van der Waals surface area contributed by atoms with Crippen LogP contribution in [0, 0.1) is 0 Å². The Morgan fingerprint density at radius 3 is 2.83 bits per heavy atom. The van der Waals surface area contributed by atoms with Crippen molar-refractivity contribution in [2.24, 2.45) is 0 Å². The van der Waals surface area contributed by atoms with Gasteiger partial charge < -0.3 is 21.3 Å². The third-order valence-electron chi connectivity index (χ3n) is 3.61. The molecule has 0 bridgehead atoms. The first-order valence-corrected chi connectivity index (χ1v) is 8.72. The molecule has 2 aromatic heterocycles. The van der Waals surface area contributed by atoms with Crippen LogP contribution < -0.4 is 16.4 Å². The van der Waals surface area contributed by atoms with Crippen LogP contribution in [0.2, 0.25) is 0 Å². The van der Waals surface area contributed by atoms with E-state index in [9.17, 15) is 4.79 Å². The van der Waals surface area contributed by atoms with Gasteiger partial charge in [-0.2, -0.15) is 0 Å². The minimum absolute atomic E-state index is 0.0676. The van der Waals surface area contributed by atoms with Gasteiger partial charge in [0, 0.05) is 50.2 Å². The molecule has 3 rings (SSSR count). The number of carbonyl (C=O) groups excluding carboxylic acids is 1. The van der Waals surface area contributed by atoms with Crippen LogP contribution in [-0.2, 0) is 0 Å². The van der Waals surface area contributed by atoms with Gasteiger partial charge in [-0.3, -0.25) is 4.79 Å². The van der Waals surface area contributed by atoms with Crippen molar-refractivity contribution in [2.45, 2.75) is 19.9 Å². The van der Waals surface area contributed by atoms with Crippen molar-refractivity contribution in [3.05, 3.63) is 17.3 Å². The van der Waals surface area contributed by atoms with Crippen LogP contribution >= 0.6 is 11.3 Å². The number of pyridine rings is 1. The molecule has 24 heavy (non-hydrogen) atoms. The highest BCUT2D eigenvalue weighted by molar-refractivity contribution is 7.16. The van der Waals surface area contributed by atoms with Crippen LogP contribution in [0.15, 0.2) is 12.3 Å². The Morgan fingerprint density at radius 2 is 2.12 bits per heavy atom. The number of nitrogens with one attached hydrogen (secondary N) is 2. The van der Waals surface area contributed by atoms with E-state index in [1.165, 1.54) is 11.3 Å². The minimum atomic E-state index is -0.0676. The number of amides is 1. The van der Waals surface area contributed by atoms with E-state index in [1.807, 2.05) is 13.8 Å². The van der Waals surface area contributed by atoms with Crippen LogP contribution in [-0.4, -0.2) is 58.2 Å². The molecule has 2 aromatic rings. The maximum atomic E-state index is 12.5. The average molecular weight is 347 g/mol. The third kappa shape index (κ3) is 3.62. The largest absolute Gasteiger partial charge is 0.384 e. The molecule has 0 atom stereocenters. The number of hydrogen-bond acceptors (Lipinski definition) is 8. The summed E-state index contributed by atoms with van der Waals surface area (Å²) in [5.74, 6) is 0.366. The third-order valence-corrected chi connectivity index (χ3v) is 4.56. The topological polar surface area (TPSA) is 109 Å². The number of piperazine rings is 1. The van der Waals surface area contributed by atoms with E-state index in [2.05, 4.69) is 25.8 Å². The summed E-state index contributed by atoms with van der Waals surface area (Å²) in [5.41, 5.74) is 7.42. The second-order valence-corrected chi connectivity index (χ2v) is 6.89. The minimum Gasteiger partial charge on any atom is -0.384 e. The SMILES string of the molecule is CC(C)Nc1cc(N)ncc1-c1nnc(C(=O)N2CCNCC2)s1. The van der Waals surface area contributed by atoms with Crippen LogP contribution in [0.5, 0.6) is 0 Å². The molecular formula is C15H21N7OS. The number of hydrogen-bond donors (Lipinski definition) is 3. The van der Waals surface area contributed by atoms with E-state index >= 15 is 0 Å². The van der Waals surface area contributed by atoms with E-state index in [4.69, 9.17) is 5.73 Å². The molecule has 4 N–H and O–H groups in total. The summed E-state index contributed by atoms with van der Waals surface area (Å²) >= 11 is 1.28. The zero-order valence-corrected chi connectivity index (χ0v) is 14.6. The fourth-order valence-corrected chi connectivity index (χ4v) is 3.33. The van der Waals surface area contributed by atoms with Gasteiger partial charge in [-0.05, 0) is 13.8 Å². The van der Waals surface area contributed by atoms with Crippen molar-refractivity contribution in [2.75, 3.05) is 37.2 Å². The van der Waals surface area contributed by atoms with Gasteiger partial charge >= 0.3 is 0 Å². The van der Waals surface area contributed by atoms with Crippen molar-refractivity contribution in [3.63, 3.8) is 0 Å². The zero-order valence-electron chi connectivity index (χ0n) is 13.7. The first-order chi connectivity index (χ1) is 11.5. The lowest BCUT2D eigenvalue weighted by atomic mass is 10.2. The molecule has 128 valence electrons. The second kappa shape index (κ2) is 7.10. The molecule has 0 spiro atoms. The Kier molecular flexibility index (Phi) is 4.91. The van der Waals surface area contributed by atoms with E-state index in [-0.39, 0.29) is 11.9 Å². The number of rotatable bonds is 4. The molecule has 9 heteroatoms. The molecule has 3 heterocycles. The quantitative estimate of drug-likeness (QED) is 0.758. The van der Waals surface area contributed by atoms with Gasteiger partial charge in [0.05, 0.1) is 5.56 Å². The smallest absolute Gasteiger partial charge is 0.284 e. The predicted octanol–water partition coefficient (Wildman–Crippen LogP) is 1.05. The maximum absolute atomic E-state index is 12.5. The average Bonchev–Trinajstić information content (AvgIpc) is 3.04. The Labute approximate surface area is 144 Å². The van der Waals surface area contributed by atoms with Crippen LogP contribution in [0.3, 0.4) is 0 Å². The molecule has 1 aliphatic heterocycles. The van der Waals surface area contributed by atoms with Crippen molar-refractivity contribution in [1.29, 1.82) is 0 Å². The lowest BCUT2D eigenvalue weighted by Gasteiger charge is -2.26. The zero-order chi connectivity index (χ0) is 17.1. The van der Waals surface area contributed by atoms with Gasteiger partial charge in [0.25, 0.3) is 5.91 Å². The number of carbonyl (C=O) groups is 1. The van der Waals surface area contributed by atoms with E-state index in [0.717, 1.165) is 24.3 Å². The Bertz CT molecular complexity index is 724. The summed E-state index contributed by atoms with van der Waals surface area (Å²) in [6.07, 6.45) is 1.67. The highest BCUT2D eigenvalue weighted by Crippen LogP contribution is 2.31. The molecule has 0 saturated carbocycles. The molecule has 1 saturated heterocycles. The van der Waals surface area contributed by atoms with E-state index in [1.54, 1.807) is 17.2 Å². The molecule has 1 fully saturated rings. The van der Waals surface area contributed by atoms with Crippen molar-refractivity contribution in [3.8, 4) is 10.6 Å². The van der Waals surface area contributed by atoms with Crippen molar-refractivity contribution >= 4 is 28.7 Å². The van der Waals surface area contributed by atoms with Gasteiger partial charge in [-0.15, -0.1) is 10.2 Å². The standard InChI is InChI=1S/C15H21N7OS/c1-9(2)19-11-7-12(16)18-8-10(11)13-20-21-14(24-13)15(23)22-5-3-17-4-6-22/h7-9,17H,3-6H2,1-2H3,(H3,16,18,19). The summed E-state index contributed by atoms with van der Waals surface area (Å²) in [4.78, 5) is 18.5. The summed E-state index contributed by atoms with van der Waals surface area (Å²) in [6.45, 7) is 7.08. The fraction of sp³-hybridized carbons (Fsp3) is 0.467. The monoisotopic (exact) mass is 347 g/mol. The highest BCUT2D eigenvalue weighted by Gasteiger charge is 2.23. The second-order valence-electron chi connectivity index (χ2n) is 5.91. The van der Waals surface area contributed by atoms with Crippen molar-refractivity contribution in [1.82, 2.24) is 25.4 Å². The van der Waals surface area contributed by atoms with E-state index < -0.39 is 0 Å². The first kappa shape index (κ1) is 16.6. The molecule has 8 nitrogen and oxygen atoms in total. The number of nitrogens with two attached hydrogens (primary N) is 1. The number of nitrogen functional groups attached to an aromatic ring is 1. The van der Waals surface area contributed by atoms with Gasteiger partial charge in [-0.1, -0.05) is 11.3 Å². The summed E-state index contributed by atoms with van der Waals surface area (Å²) in [6, 6.07) is 2.01. The highest BCUT2D eigenvalue weighted by atomic mass is 32.1. The lowest BCUT2D eigenvalue weighted by Crippen LogP contribution is -2.46. The molecule has 0 aromatic carbocycles. The van der Waals surface area contributed by atoms with Crippen molar-refractivity contribution < 1.29 is 4.79 Å². The predicted molar refractivity (Wildman–Crippen MR) is 95.1 cm³/mol. The number of anilines is 2. The molecule has 1 aliphatic rings. The van der Waals surface area contributed by atoms with E-state index in [0.29, 0.717) is 28.9 Å². The first-order valence-electron chi connectivity index (χ1n) is 7.90. The summed E-state index contributed by atoms with van der Waals surface area (Å²) < 4.78 is 0. The lowest BCUT2D eigenvalue weighted by molar-refractivity contribution is 0.0734. The normalized spacial score (nSPS) is 14.9. The molecule has 1 amide bonds. The van der Waals surface area contributed by atoms with Gasteiger partial charge in [0.1, 0.15) is 5.82 Å². The van der Waals surface area contributed by atoms with Gasteiger partial charge in [0.2, 0.25) is 5.01 Å². The Balaban J connectivity index is 1.86. The summed E-state index contributed by atoms with van der Waals surface area (Å²) in [7, 11) is 0. The molecular weight excluding hydrogens is 326 g/mol.